The molecule has 0 radical (unpaired) electrons. The van der Waals surface area contributed by atoms with E-state index in [0.717, 1.165) is 50.7 Å². The maximum atomic E-state index is 5.91. The first-order valence-electron chi connectivity index (χ1n) is 7.92. The summed E-state index contributed by atoms with van der Waals surface area (Å²) in [6.45, 7) is 8.27. The van der Waals surface area contributed by atoms with Crippen LogP contribution in [0, 0.1) is 0 Å². The minimum absolute atomic E-state index is 0.546. The van der Waals surface area contributed by atoms with Crippen LogP contribution in [0.15, 0.2) is 18.3 Å². The van der Waals surface area contributed by atoms with Crippen LogP contribution in [0.4, 0.5) is 0 Å². The highest BCUT2D eigenvalue weighted by molar-refractivity contribution is 5.25. The number of ether oxygens (including phenoxy) is 1. The number of nitrogens with zero attached hydrogens (tertiary/aromatic N) is 3. The number of hydrogen-bond acceptors (Lipinski definition) is 5. The average molecular weight is 292 g/mol. The quantitative estimate of drug-likeness (QED) is 0.822. The fraction of sp³-hybridized carbons (Fsp3) is 0.688. The van der Waals surface area contributed by atoms with Gasteiger partial charge in [0.25, 0.3) is 0 Å². The van der Waals surface area contributed by atoms with Crippen molar-refractivity contribution in [2.24, 2.45) is 5.73 Å². The Morgan fingerprint density at radius 3 is 2.71 bits per heavy atom. The second kappa shape index (κ2) is 8.32. The standard InChI is InChI=1S/C16H28N4O/c1-3-5-15(12-17)20-10-8-19(9-11-20)13-14-6-4-7-18-16(14)21-2/h4,6-7,15H,3,5,8-13,17H2,1-2H3. The molecule has 21 heavy (non-hydrogen) atoms. The van der Waals surface area contributed by atoms with Crippen LogP contribution in [-0.4, -0.2) is 60.7 Å². The lowest BCUT2D eigenvalue weighted by Gasteiger charge is -2.39. The molecule has 5 heteroatoms. The van der Waals surface area contributed by atoms with Gasteiger partial charge in [0, 0.05) is 57.1 Å². The highest BCUT2D eigenvalue weighted by Gasteiger charge is 2.22. The van der Waals surface area contributed by atoms with Crippen LogP contribution in [0.25, 0.3) is 0 Å². The third-order valence-electron chi connectivity index (χ3n) is 4.25. The first-order valence-corrected chi connectivity index (χ1v) is 7.92. The van der Waals surface area contributed by atoms with Crippen molar-refractivity contribution < 1.29 is 4.74 Å². The highest BCUT2D eigenvalue weighted by Crippen LogP contribution is 2.18. The van der Waals surface area contributed by atoms with E-state index < -0.39 is 0 Å². The summed E-state index contributed by atoms with van der Waals surface area (Å²) in [5.74, 6) is 0.741. The van der Waals surface area contributed by atoms with Crippen molar-refractivity contribution in [3.05, 3.63) is 23.9 Å². The molecule has 0 aromatic carbocycles. The van der Waals surface area contributed by atoms with Crippen molar-refractivity contribution in [3.63, 3.8) is 0 Å². The molecule has 1 aromatic rings. The summed E-state index contributed by atoms with van der Waals surface area (Å²) in [7, 11) is 1.68. The maximum Gasteiger partial charge on any atom is 0.217 e. The van der Waals surface area contributed by atoms with Gasteiger partial charge in [-0.1, -0.05) is 19.4 Å². The van der Waals surface area contributed by atoms with Crippen molar-refractivity contribution >= 4 is 0 Å². The zero-order valence-electron chi connectivity index (χ0n) is 13.3. The summed E-state index contributed by atoms with van der Waals surface area (Å²) in [5.41, 5.74) is 7.07. The summed E-state index contributed by atoms with van der Waals surface area (Å²) in [6, 6.07) is 4.61. The second-order valence-electron chi connectivity index (χ2n) is 5.66. The van der Waals surface area contributed by atoms with Gasteiger partial charge in [-0.05, 0) is 12.5 Å². The summed E-state index contributed by atoms with van der Waals surface area (Å²) in [5, 5.41) is 0. The molecule has 0 bridgehead atoms. The molecule has 1 aliphatic rings. The van der Waals surface area contributed by atoms with E-state index in [4.69, 9.17) is 10.5 Å². The Labute approximate surface area is 128 Å². The van der Waals surface area contributed by atoms with Crippen LogP contribution in [0.3, 0.4) is 0 Å². The van der Waals surface area contributed by atoms with Gasteiger partial charge in [0.05, 0.1) is 7.11 Å². The lowest BCUT2D eigenvalue weighted by Crippen LogP contribution is -2.52. The van der Waals surface area contributed by atoms with Crippen molar-refractivity contribution in [2.75, 3.05) is 39.8 Å². The van der Waals surface area contributed by atoms with Gasteiger partial charge in [-0.2, -0.15) is 0 Å². The van der Waals surface area contributed by atoms with Gasteiger partial charge in [-0.25, -0.2) is 4.98 Å². The number of pyridine rings is 1. The molecule has 1 aromatic heterocycles. The van der Waals surface area contributed by atoms with E-state index in [2.05, 4.69) is 27.8 Å². The predicted molar refractivity (Wildman–Crippen MR) is 85.4 cm³/mol. The number of hydrogen-bond donors (Lipinski definition) is 1. The minimum atomic E-state index is 0.546. The zero-order valence-corrected chi connectivity index (χ0v) is 13.3. The molecule has 1 atom stereocenters. The van der Waals surface area contributed by atoms with E-state index in [0.29, 0.717) is 6.04 Å². The van der Waals surface area contributed by atoms with Crippen LogP contribution in [-0.2, 0) is 6.54 Å². The van der Waals surface area contributed by atoms with Gasteiger partial charge < -0.3 is 10.5 Å². The third kappa shape index (κ3) is 4.40. The van der Waals surface area contributed by atoms with E-state index in [1.807, 2.05) is 6.07 Å². The van der Waals surface area contributed by atoms with Crippen LogP contribution in [0.1, 0.15) is 25.3 Å². The molecule has 0 saturated carbocycles. The molecule has 0 amide bonds. The number of methoxy groups -OCH3 is 1. The first kappa shape index (κ1) is 16.2. The van der Waals surface area contributed by atoms with Crippen LogP contribution < -0.4 is 10.5 Å². The molecule has 0 aliphatic carbocycles. The van der Waals surface area contributed by atoms with E-state index in [1.165, 1.54) is 12.8 Å². The summed E-state index contributed by atoms with van der Waals surface area (Å²) in [4.78, 5) is 9.28. The van der Waals surface area contributed by atoms with Gasteiger partial charge >= 0.3 is 0 Å². The Balaban J connectivity index is 1.86. The van der Waals surface area contributed by atoms with Crippen LogP contribution >= 0.6 is 0 Å². The molecule has 1 unspecified atom stereocenters. The fourth-order valence-corrected chi connectivity index (χ4v) is 3.04. The Morgan fingerprint density at radius 2 is 2.10 bits per heavy atom. The predicted octanol–water partition coefficient (Wildman–Crippen LogP) is 1.34. The third-order valence-corrected chi connectivity index (χ3v) is 4.25. The van der Waals surface area contributed by atoms with Gasteiger partial charge in [0.2, 0.25) is 5.88 Å². The van der Waals surface area contributed by atoms with Gasteiger partial charge in [0.15, 0.2) is 0 Å². The molecule has 118 valence electrons. The highest BCUT2D eigenvalue weighted by atomic mass is 16.5. The monoisotopic (exact) mass is 292 g/mol. The number of piperazine rings is 1. The van der Waals surface area contributed by atoms with Crippen molar-refractivity contribution in [1.29, 1.82) is 0 Å². The molecule has 1 saturated heterocycles. The molecule has 1 fully saturated rings. The van der Waals surface area contributed by atoms with Crippen LogP contribution in [0.5, 0.6) is 5.88 Å². The zero-order chi connectivity index (χ0) is 15.1. The van der Waals surface area contributed by atoms with E-state index in [-0.39, 0.29) is 0 Å². The molecule has 2 N–H and O–H groups in total. The Kier molecular flexibility index (Phi) is 6.42. The fourth-order valence-electron chi connectivity index (χ4n) is 3.04. The van der Waals surface area contributed by atoms with Gasteiger partial charge in [-0.15, -0.1) is 0 Å². The minimum Gasteiger partial charge on any atom is -0.481 e. The van der Waals surface area contributed by atoms with Gasteiger partial charge in [0.1, 0.15) is 0 Å². The maximum absolute atomic E-state index is 5.91. The van der Waals surface area contributed by atoms with Gasteiger partial charge in [-0.3, -0.25) is 9.80 Å². The molecular weight excluding hydrogens is 264 g/mol. The number of rotatable bonds is 7. The Hall–Kier alpha value is -1.17. The Bertz CT molecular complexity index is 418. The normalized spacial score (nSPS) is 18.6. The number of aromatic nitrogens is 1. The lowest BCUT2D eigenvalue weighted by molar-refractivity contribution is 0.0899. The topological polar surface area (TPSA) is 54.6 Å². The molecule has 2 heterocycles. The lowest BCUT2D eigenvalue weighted by atomic mass is 10.1. The molecule has 0 spiro atoms. The van der Waals surface area contributed by atoms with E-state index in [1.54, 1.807) is 13.3 Å². The van der Waals surface area contributed by atoms with E-state index in [9.17, 15) is 0 Å². The molecule has 1 aliphatic heterocycles. The smallest absolute Gasteiger partial charge is 0.217 e. The van der Waals surface area contributed by atoms with Crippen molar-refractivity contribution in [2.45, 2.75) is 32.4 Å². The molecular formula is C16H28N4O. The largest absolute Gasteiger partial charge is 0.481 e. The van der Waals surface area contributed by atoms with E-state index >= 15 is 0 Å². The van der Waals surface area contributed by atoms with Crippen LogP contribution in [0.2, 0.25) is 0 Å². The van der Waals surface area contributed by atoms with Crippen molar-refractivity contribution in [1.82, 2.24) is 14.8 Å². The number of nitrogens with two attached hydrogens (primary N) is 1. The molecule has 5 nitrogen and oxygen atoms in total. The SMILES string of the molecule is CCCC(CN)N1CCN(Cc2cccnc2OC)CC1. The summed E-state index contributed by atoms with van der Waals surface area (Å²) < 4.78 is 5.33. The summed E-state index contributed by atoms with van der Waals surface area (Å²) >= 11 is 0. The summed E-state index contributed by atoms with van der Waals surface area (Å²) in [6.07, 6.45) is 4.18. The van der Waals surface area contributed by atoms with Crippen molar-refractivity contribution in [3.8, 4) is 5.88 Å². The Morgan fingerprint density at radius 1 is 1.33 bits per heavy atom. The average Bonchev–Trinajstić information content (AvgIpc) is 2.54. The first-order chi connectivity index (χ1) is 10.3. The molecule has 2 rings (SSSR count). The second-order valence-corrected chi connectivity index (χ2v) is 5.66.